The second-order valence-corrected chi connectivity index (χ2v) is 5.03. The molecule has 0 radical (unpaired) electrons. The van der Waals surface area contributed by atoms with Gasteiger partial charge in [-0.2, -0.15) is 0 Å². The summed E-state index contributed by atoms with van der Waals surface area (Å²) in [5.41, 5.74) is 0. The van der Waals surface area contributed by atoms with E-state index in [2.05, 4.69) is 5.32 Å². The number of amides is 1. The highest BCUT2D eigenvalue weighted by atomic mass is 32.2. The second-order valence-electron chi connectivity index (χ2n) is 2.83. The molecule has 0 aromatic carbocycles. The first-order chi connectivity index (χ1) is 5.55. The molecule has 0 aliphatic carbocycles. The van der Waals surface area contributed by atoms with Gasteiger partial charge in [0.2, 0.25) is 6.41 Å². The van der Waals surface area contributed by atoms with Crippen molar-refractivity contribution in [2.24, 2.45) is 0 Å². The standard InChI is InChI=1S/C6H12N2O3S/c1-12(10,11)6-4-7-2-3-8(6)5-9/h5-7H,2-4H2,1H3. The number of carbonyl (C=O) groups is 1. The van der Waals surface area contributed by atoms with Gasteiger partial charge in [0, 0.05) is 25.9 Å². The Morgan fingerprint density at radius 2 is 2.25 bits per heavy atom. The molecular weight excluding hydrogens is 180 g/mol. The molecule has 1 amide bonds. The van der Waals surface area contributed by atoms with Crippen molar-refractivity contribution in [3.05, 3.63) is 0 Å². The Hall–Kier alpha value is -0.620. The van der Waals surface area contributed by atoms with Crippen LogP contribution in [0.3, 0.4) is 0 Å². The predicted molar refractivity (Wildman–Crippen MR) is 44.3 cm³/mol. The molecule has 1 fully saturated rings. The average Bonchev–Trinajstić information content (AvgIpc) is 2.03. The number of sulfone groups is 1. The molecule has 5 nitrogen and oxygen atoms in total. The lowest BCUT2D eigenvalue weighted by molar-refractivity contribution is -0.119. The van der Waals surface area contributed by atoms with Gasteiger partial charge in [0.15, 0.2) is 9.84 Å². The Kier molecular flexibility index (Phi) is 2.69. The van der Waals surface area contributed by atoms with Crippen molar-refractivity contribution in [2.45, 2.75) is 5.37 Å². The van der Waals surface area contributed by atoms with Crippen molar-refractivity contribution in [3.63, 3.8) is 0 Å². The Bertz CT molecular complexity index is 262. The van der Waals surface area contributed by atoms with Gasteiger partial charge < -0.3 is 10.2 Å². The molecule has 12 heavy (non-hydrogen) atoms. The highest BCUT2D eigenvalue weighted by Gasteiger charge is 2.28. The van der Waals surface area contributed by atoms with Crippen molar-refractivity contribution < 1.29 is 13.2 Å². The third-order valence-electron chi connectivity index (χ3n) is 1.87. The number of nitrogens with zero attached hydrogens (tertiary/aromatic N) is 1. The van der Waals surface area contributed by atoms with Crippen molar-refractivity contribution in [1.82, 2.24) is 10.2 Å². The molecular formula is C6H12N2O3S. The summed E-state index contributed by atoms with van der Waals surface area (Å²) in [4.78, 5) is 11.8. The molecule has 0 aromatic rings. The number of hydrogen-bond donors (Lipinski definition) is 1. The summed E-state index contributed by atoms with van der Waals surface area (Å²) in [5.74, 6) is 0. The topological polar surface area (TPSA) is 66.5 Å². The number of piperazine rings is 1. The van der Waals surface area contributed by atoms with Crippen LogP contribution in [0.25, 0.3) is 0 Å². The maximum atomic E-state index is 11.1. The minimum Gasteiger partial charge on any atom is -0.326 e. The summed E-state index contributed by atoms with van der Waals surface area (Å²) in [7, 11) is -3.15. The van der Waals surface area contributed by atoms with Crippen LogP contribution in [0.5, 0.6) is 0 Å². The van der Waals surface area contributed by atoms with Crippen LogP contribution in [-0.4, -0.2) is 51.0 Å². The van der Waals surface area contributed by atoms with E-state index in [9.17, 15) is 13.2 Å². The maximum Gasteiger partial charge on any atom is 0.210 e. The van der Waals surface area contributed by atoms with E-state index in [0.717, 1.165) is 6.26 Å². The van der Waals surface area contributed by atoms with E-state index < -0.39 is 15.2 Å². The van der Waals surface area contributed by atoms with E-state index in [1.165, 1.54) is 4.90 Å². The van der Waals surface area contributed by atoms with E-state index >= 15 is 0 Å². The van der Waals surface area contributed by atoms with Crippen molar-refractivity contribution in [3.8, 4) is 0 Å². The summed E-state index contributed by atoms with van der Waals surface area (Å²) < 4.78 is 22.2. The molecule has 6 heteroatoms. The van der Waals surface area contributed by atoms with Crippen LogP contribution in [0, 0.1) is 0 Å². The highest BCUT2D eigenvalue weighted by molar-refractivity contribution is 7.91. The van der Waals surface area contributed by atoms with E-state index in [0.29, 0.717) is 26.0 Å². The molecule has 70 valence electrons. The van der Waals surface area contributed by atoms with Gasteiger partial charge in [0.05, 0.1) is 0 Å². The van der Waals surface area contributed by atoms with E-state index in [4.69, 9.17) is 0 Å². The minimum absolute atomic E-state index is 0.331. The fraction of sp³-hybridized carbons (Fsp3) is 0.833. The van der Waals surface area contributed by atoms with Gasteiger partial charge in [0.1, 0.15) is 5.37 Å². The number of hydrogen-bond acceptors (Lipinski definition) is 4. The van der Waals surface area contributed by atoms with Crippen molar-refractivity contribution in [2.75, 3.05) is 25.9 Å². The van der Waals surface area contributed by atoms with Gasteiger partial charge in [0.25, 0.3) is 0 Å². The fourth-order valence-corrected chi connectivity index (χ4v) is 2.28. The molecule has 1 aliphatic heterocycles. The zero-order valence-corrected chi connectivity index (χ0v) is 7.67. The van der Waals surface area contributed by atoms with Crippen LogP contribution in [0.1, 0.15) is 0 Å². The van der Waals surface area contributed by atoms with E-state index in [1.807, 2.05) is 0 Å². The van der Waals surface area contributed by atoms with Gasteiger partial charge in [-0.25, -0.2) is 8.42 Å². The van der Waals surface area contributed by atoms with Crippen LogP contribution in [0.2, 0.25) is 0 Å². The van der Waals surface area contributed by atoms with Crippen LogP contribution in [-0.2, 0) is 14.6 Å². The smallest absolute Gasteiger partial charge is 0.210 e. The molecule has 0 spiro atoms. The zero-order chi connectivity index (χ0) is 9.19. The van der Waals surface area contributed by atoms with Crippen molar-refractivity contribution >= 4 is 16.2 Å². The third kappa shape index (κ3) is 1.95. The molecule has 1 saturated heterocycles. The molecule has 1 rings (SSSR count). The number of nitrogens with one attached hydrogen (secondary N) is 1. The van der Waals surface area contributed by atoms with Crippen LogP contribution < -0.4 is 5.32 Å². The quantitative estimate of drug-likeness (QED) is 0.536. The van der Waals surface area contributed by atoms with E-state index in [1.54, 1.807) is 0 Å². The Balaban J connectivity index is 2.79. The van der Waals surface area contributed by atoms with Gasteiger partial charge in [-0.05, 0) is 0 Å². The van der Waals surface area contributed by atoms with Crippen molar-refractivity contribution in [1.29, 1.82) is 0 Å². The molecule has 1 heterocycles. The van der Waals surface area contributed by atoms with Crippen LogP contribution >= 0.6 is 0 Å². The lowest BCUT2D eigenvalue weighted by Crippen LogP contribution is -2.53. The molecule has 0 saturated carbocycles. The second kappa shape index (κ2) is 3.40. The fourth-order valence-electron chi connectivity index (χ4n) is 1.21. The zero-order valence-electron chi connectivity index (χ0n) is 6.86. The first kappa shape index (κ1) is 9.47. The summed E-state index contributed by atoms with van der Waals surface area (Å²) >= 11 is 0. The highest BCUT2D eigenvalue weighted by Crippen LogP contribution is 2.06. The van der Waals surface area contributed by atoms with Gasteiger partial charge in [-0.3, -0.25) is 4.79 Å². The SMILES string of the molecule is CS(=O)(=O)C1CNCCN1C=O. The molecule has 0 bridgehead atoms. The summed E-state index contributed by atoms with van der Waals surface area (Å²) in [5, 5.41) is 2.23. The normalized spacial score (nSPS) is 25.4. The minimum atomic E-state index is -3.15. The molecule has 1 unspecified atom stereocenters. The molecule has 1 aliphatic rings. The Labute approximate surface area is 71.7 Å². The third-order valence-corrected chi connectivity index (χ3v) is 3.29. The monoisotopic (exact) mass is 192 g/mol. The summed E-state index contributed by atoms with van der Waals surface area (Å²) in [6.45, 7) is 1.45. The maximum absolute atomic E-state index is 11.1. The lowest BCUT2D eigenvalue weighted by Gasteiger charge is -2.31. The Morgan fingerprint density at radius 1 is 1.58 bits per heavy atom. The summed E-state index contributed by atoms with van der Waals surface area (Å²) in [6, 6.07) is 0. The predicted octanol–water partition coefficient (Wildman–Crippen LogP) is -1.58. The van der Waals surface area contributed by atoms with Gasteiger partial charge >= 0.3 is 0 Å². The largest absolute Gasteiger partial charge is 0.326 e. The lowest BCUT2D eigenvalue weighted by atomic mass is 10.4. The molecule has 0 aromatic heterocycles. The number of rotatable bonds is 2. The van der Waals surface area contributed by atoms with Crippen LogP contribution in [0.15, 0.2) is 0 Å². The van der Waals surface area contributed by atoms with Crippen LogP contribution in [0.4, 0.5) is 0 Å². The molecule has 1 N–H and O–H groups in total. The molecule has 1 atom stereocenters. The van der Waals surface area contributed by atoms with Gasteiger partial charge in [-0.1, -0.05) is 0 Å². The first-order valence-corrected chi connectivity index (χ1v) is 5.62. The first-order valence-electron chi connectivity index (χ1n) is 3.66. The summed E-state index contributed by atoms with van der Waals surface area (Å²) in [6.07, 6.45) is 1.73. The number of carbonyl (C=O) groups excluding carboxylic acids is 1. The van der Waals surface area contributed by atoms with Gasteiger partial charge in [-0.15, -0.1) is 0 Å². The Morgan fingerprint density at radius 3 is 2.67 bits per heavy atom. The average molecular weight is 192 g/mol. The van der Waals surface area contributed by atoms with E-state index in [-0.39, 0.29) is 0 Å².